The van der Waals surface area contributed by atoms with Crippen LogP contribution in [0.5, 0.6) is 0 Å². The summed E-state index contributed by atoms with van der Waals surface area (Å²) >= 11 is -2.03. The monoisotopic (exact) mass is 932 g/mol. The topological polar surface area (TPSA) is 56.7 Å². The van der Waals surface area contributed by atoms with E-state index in [0.29, 0.717) is 5.71 Å². The van der Waals surface area contributed by atoms with E-state index in [2.05, 4.69) is 105 Å². The van der Waals surface area contributed by atoms with Crippen LogP contribution in [0.15, 0.2) is 132 Å². The second-order valence-electron chi connectivity index (χ2n) is 14.4. The van der Waals surface area contributed by atoms with Gasteiger partial charge in [0.2, 0.25) is 5.71 Å². The molecule has 0 amide bonds. The first kappa shape index (κ1) is 35.2. The molecule has 0 fully saturated rings. The average Bonchev–Trinajstić information content (AvgIpc) is 3.72. The van der Waals surface area contributed by atoms with Crippen LogP contribution in [-0.2, 0) is 20.1 Å². The molecule has 0 aliphatic carbocycles. The number of aromatic nitrogens is 4. The van der Waals surface area contributed by atoms with E-state index in [9.17, 15) is 0 Å². The first-order valence-corrected chi connectivity index (χ1v) is 25.0. The molecule has 53 heavy (non-hydrogen) atoms. The SMILES string of the molecule is Cc1ccc2c(n1)oc1c(-c3nc4ccccc4n3-c3ccc4ccccc4c3)[c-]ccc12.[2H]C(C)(C)c1cc(-c2[c-]cccc2)nc[c]1[Ge]([CH3])([CH3])[CH3].[Ir]. The van der Waals surface area contributed by atoms with E-state index in [1.165, 1.54) is 15.2 Å². The number of hydrogen-bond donors (Lipinski definition) is 0. The fourth-order valence-corrected chi connectivity index (χ4v) is 10.1. The standard InChI is InChI=1S/C29H18N3O.C17H22GeN.Ir/c1-18-13-16-23-22-9-6-10-24(27(22)33-29(23)30-18)28-31-25-11-4-5-12-26(25)32(28)21-15-14-19-7-2-3-8-20(19)17-21;1-13(2)15-11-17(14-9-7-6-8-10-14)19-12-16(15)18(3,4)5;/h2-9,11-17H,1H3;6-9,11-13H,1-5H3;/q2*-1;/i;13D;. The molecule has 0 N–H and O–H groups in total. The maximum absolute atomic E-state index is 8.44. The summed E-state index contributed by atoms with van der Waals surface area (Å²) in [6.45, 7) is 5.88. The Labute approximate surface area is 328 Å². The molecule has 5 aromatic carbocycles. The molecule has 4 aromatic heterocycles. The Morgan fingerprint density at radius 2 is 1.55 bits per heavy atom. The van der Waals surface area contributed by atoms with E-state index in [1.807, 2.05) is 87.6 Å². The van der Waals surface area contributed by atoms with Crippen molar-refractivity contribution in [3.05, 3.63) is 151 Å². The maximum Gasteiger partial charge on any atom is 0 e. The van der Waals surface area contributed by atoms with Crippen molar-refractivity contribution >= 4 is 61.5 Å². The summed E-state index contributed by atoms with van der Waals surface area (Å²) in [5.74, 6) is 7.25. The molecule has 0 aliphatic rings. The first-order chi connectivity index (χ1) is 25.5. The van der Waals surface area contributed by atoms with Crippen LogP contribution >= 0.6 is 0 Å². The Balaban J connectivity index is 0.000000186. The van der Waals surface area contributed by atoms with E-state index in [-0.39, 0.29) is 20.1 Å². The van der Waals surface area contributed by atoms with Crippen LogP contribution in [0.25, 0.3) is 72.2 Å². The van der Waals surface area contributed by atoms with Crippen molar-refractivity contribution in [3.8, 4) is 28.3 Å². The van der Waals surface area contributed by atoms with E-state index in [1.54, 1.807) is 0 Å². The molecule has 265 valence electrons. The normalized spacial score (nSPS) is 12.1. The van der Waals surface area contributed by atoms with Gasteiger partial charge in [0.25, 0.3) is 0 Å². The van der Waals surface area contributed by atoms with Crippen molar-refractivity contribution in [1.29, 1.82) is 0 Å². The second kappa shape index (κ2) is 14.9. The van der Waals surface area contributed by atoms with E-state index in [0.717, 1.165) is 67.0 Å². The third-order valence-electron chi connectivity index (χ3n) is 9.45. The minimum atomic E-state index is -2.03. The van der Waals surface area contributed by atoms with Gasteiger partial charge in [0.05, 0.1) is 22.4 Å². The minimum absolute atomic E-state index is 0. The van der Waals surface area contributed by atoms with Crippen LogP contribution in [0, 0.1) is 19.1 Å². The number of nitrogens with zero attached hydrogens (tertiary/aromatic N) is 4. The Kier molecular flexibility index (Phi) is 9.86. The molecule has 0 saturated carbocycles. The van der Waals surface area contributed by atoms with Crippen LogP contribution in [0.1, 0.15) is 32.4 Å². The zero-order valence-corrected chi connectivity index (χ0v) is 35.1. The summed E-state index contributed by atoms with van der Waals surface area (Å²) in [6.07, 6.45) is 2.00. The molecular weight excluding hydrogens is 889 g/mol. The van der Waals surface area contributed by atoms with Gasteiger partial charge in [-0.3, -0.25) is 4.98 Å². The van der Waals surface area contributed by atoms with Gasteiger partial charge < -0.3 is 8.98 Å². The third-order valence-corrected chi connectivity index (χ3v) is 13.7. The average molecular weight is 931 g/mol. The number of aryl methyl sites for hydroxylation is 1. The van der Waals surface area contributed by atoms with Crippen LogP contribution in [-0.4, -0.2) is 32.8 Å². The third kappa shape index (κ3) is 7.12. The fourth-order valence-electron chi connectivity index (χ4n) is 6.82. The Hall–Kier alpha value is -4.88. The van der Waals surface area contributed by atoms with Gasteiger partial charge in [-0.2, -0.15) is 0 Å². The molecule has 9 rings (SSSR count). The van der Waals surface area contributed by atoms with Gasteiger partial charge in [0.15, 0.2) is 0 Å². The predicted molar refractivity (Wildman–Crippen MR) is 218 cm³/mol. The fraction of sp³-hybridized carbons (Fsp3) is 0.152. The van der Waals surface area contributed by atoms with Gasteiger partial charge in [-0.05, 0) is 54.1 Å². The van der Waals surface area contributed by atoms with Gasteiger partial charge in [-0.1, -0.05) is 53.4 Å². The van der Waals surface area contributed by atoms with Crippen LogP contribution in [0.3, 0.4) is 0 Å². The molecule has 1 radical (unpaired) electrons. The smallest absolute Gasteiger partial charge is 0 e. The van der Waals surface area contributed by atoms with Crippen LogP contribution < -0.4 is 4.40 Å². The van der Waals surface area contributed by atoms with E-state index in [4.69, 9.17) is 10.8 Å². The molecule has 0 spiro atoms. The summed E-state index contributed by atoms with van der Waals surface area (Å²) in [7, 11) is 0. The molecular formula is C46H40GeIrN4O-2. The second-order valence-corrected chi connectivity index (χ2v) is 25.0. The largest absolute Gasteiger partial charge is 0 e. The summed E-state index contributed by atoms with van der Waals surface area (Å²) in [4.78, 5) is 14.2. The van der Waals surface area contributed by atoms with Crippen molar-refractivity contribution < 1.29 is 25.9 Å². The predicted octanol–water partition coefficient (Wildman–Crippen LogP) is 11.5. The van der Waals surface area contributed by atoms with Gasteiger partial charge in [-0.15, -0.1) is 18.2 Å². The number of imidazole rings is 1. The number of hydrogen-bond acceptors (Lipinski definition) is 4. The van der Waals surface area contributed by atoms with Crippen molar-refractivity contribution in [3.63, 3.8) is 0 Å². The molecule has 5 nitrogen and oxygen atoms in total. The summed E-state index contributed by atoms with van der Waals surface area (Å²) in [5.41, 5.74) is 9.18. The van der Waals surface area contributed by atoms with Crippen molar-refractivity contribution in [2.24, 2.45) is 0 Å². The Morgan fingerprint density at radius 1 is 0.774 bits per heavy atom. The van der Waals surface area contributed by atoms with Gasteiger partial charge in [0, 0.05) is 36.9 Å². The van der Waals surface area contributed by atoms with Crippen molar-refractivity contribution in [2.45, 2.75) is 43.9 Å². The summed E-state index contributed by atoms with van der Waals surface area (Å²) in [6, 6.07) is 47.7. The number of benzene rings is 5. The quantitative estimate of drug-likeness (QED) is 0.127. The van der Waals surface area contributed by atoms with Gasteiger partial charge >= 0.3 is 120 Å². The zero-order chi connectivity index (χ0) is 36.9. The molecule has 0 saturated heterocycles. The van der Waals surface area contributed by atoms with E-state index >= 15 is 0 Å². The molecule has 0 aliphatic heterocycles. The molecule has 0 bridgehead atoms. The molecule has 4 heterocycles. The first-order valence-electron chi connectivity index (χ1n) is 18.1. The Morgan fingerprint density at radius 3 is 2.32 bits per heavy atom. The number of fused-ring (bicyclic) bond motifs is 5. The van der Waals surface area contributed by atoms with Crippen molar-refractivity contribution in [2.75, 3.05) is 0 Å². The van der Waals surface area contributed by atoms with Crippen molar-refractivity contribution in [1.82, 2.24) is 19.5 Å². The van der Waals surface area contributed by atoms with E-state index < -0.39 is 19.2 Å². The summed E-state index contributed by atoms with van der Waals surface area (Å²) < 4.78 is 18.2. The maximum atomic E-state index is 8.44. The number of furan rings is 1. The van der Waals surface area contributed by atoms with Crippen LogP contribution in [0.2, 0.25) is 17.3 Å². The summed E-state index contributed by atoms with van der Waals surface area (Å²) in [5, 5.41) is 4.41. The number of para-hydroxylation sites is 2. The molecule has 9 aromatic rings. The van der Waals surface area contributed by atoms with Gasteiger partial charge in [-0.25, -0.2) is 4.98 Å². The molecule has 0 atom stereocenters. The molecule has 7 heteroatoms. The minimum Gasteiger partial charge on any atom is 0 e. The zero-order valence-electron chi connectivity index (χ0n) is 31.7. The Bertz CT molecular complexity index is 2780. The number of rotatable bonds is 5. The number of pyridine rings is 2. The molecule has 0 unspecified atom stereocenters. The van der Waals surface area contributed by atoms with Gasteiger partial charge in [0.1, 0.15) is 0 Å². The van der Waals surface area contributed by atoms with Crippen LogP contribution in [0.4, 0.5) is 0 Å².